The van der Waals surface area contributed by atoms with Crippen molar-refractivity contribution in [3.63, 3.8) is 0 Å². The van der Waals surface area contributed by atoms with Crippen molar-refractivity contribution in [3.8, 4) is 0 Å². The summed E-state index contributed by atoms with van der Waals surface area (Å²) in [6, 6.07) is 3.70. The van der Waals surface area contributed by atoms with Crippen molar-refractivity contribution in [1.82, 2.24) is 20.0 Å². The van der Waals surface area contributed by atoms with E-state index >= 15 is 0 Å². The third-order valence-corrected chi connectivity index (χ3v) is 6.24. The maximum absolute atomic E-state index is 13.4. The Kier molecular flexibility index (Phi) is 4.71. The molecule has 2 aromatic rings. The van der Waals surface area contributed by atoms with E-state index in [4.69, 9.17) is 23.2 Å². The van der Waals surface area contributed by atoms with Crippen molar-refractivity contribution in [1.29, 1.82) is 0 Å². The number of benzene rings is 1. The van der Waals surface area contributed by atoms with Gasteiger partial charge in [0.2, 0.25) is 5.91 Å². The molecule has 1 saturated heterocycles. The molecule has 0 spiro atoms. The average molecular weight is 393 g/mol. The van der Waals surface area contributed by atoms with Gasteiger partial charge in [-0.2, -0.15) is 5.10 Å². The highest BCUT2D eigenvalue weighted by Gasteiger charge is 2.40. The van der Waals surface area contributed by atoms with Crippen molar-refractivity contribution < 1.29 is 4.79 Å². The van der Waals surface area contributed by atoms with Crippen molar-refractivity contribution in [3.05, 3.63) is 51.3 Å². The van der Waals surface area contributed by atoms with Gasteiger partial charge in [-0.1, -0.05) is 23.2 Å². The van der Waals surface area contributed by atoms with Crippen LogP contribution in [0.2, 0.25) is 10.0 Å². The lowest BCUT2D eigenvalue weighted by atomic mass is 9.87. The van der Waals surface area contributed by atoms with Gasteiger partial charge in [-0.15, -0.1) is 0 Å². The van der Waals surface area contributed by atoms with E-state index in [0.29, 0.717) is 23.1 Å². The Morgan fingerprint density at radius 1 is 1.31 bits per heavy atom. The molecule has 3 heterocycles. The van der Waals surface area contributed by atoms with Crippen molar-refractivity contribution in [2.45, 2.75) is 25.3 Å². The molecule has 1 aromatic heterocycles. The predicted octanol–water partition coefficient (Wildman–Crippen LogP) is 3.18. The minimum atomic E-state index is -0.0714. The first-order valence-corrected chi connectivity index (χ1v) is 9.69. The van der Waals surface area contributed by atoms with Crippen molar-refractivity contribution in [2.75, 3.05) is 19.6 Å². The van der Waals surface area contributed by atoms with Crippen LogP contribution in [0.25, 0.3) is 0 Å². The smallest absolute Gasteiger partial charge is 0.228 e. The molecule has 3 atom stereocenters. The van der Waals surface area contributed by atoms with Crippen molar-refractivity contribution in [2.24, 2.45) is 13.0 Å². The number of carbonyl (C=O) groups is 1. The first kappa shape index (κ1) is 17.8. The summed E-state index contributed by atoms with van der Waals surface area (Å²) in [6.07, 6.45) is 4.64. The van der Waals surface area contributed by atoms with Crippen LogP contribution < -0.4 is 5.32 Å². The van der Waals surface area contributed by atoms with Crippen LogP contribution in [0.3, 0.4) is 0 Å². The Bertz CT molecular complexity index is 850. The van der Waals surface area contributed by atoms with Crippen LogP contribution >= 0.6 is 23.2 Å². The number of aromatic nitrogens is 2. The lowest BCUT2D eigenvalue weighted by molar-refractivity contribution is -0.138. The van der Waals surface area contributed by atoms with Gasteiger partial charge in [-0.25, -0.2) is 0 Å². The van der Waals surface area contributed by atoms with Crippen LogP contribution in [0, 0.1) is 5.92 Å². The lowest BCUT2D eigenvalue weighted by Gasteiger charge is -2.38. The lowest BCUT2D eigenvalue weighted by Crippen LogP contribution is -2.44. The molecule has 1 aromatic carbocycles. The molecule has 2 aliphatic heterocycles. The minimum Gasteiger partial charge on any atom is -0.335 e. The summed E-state index contributed by atoms with van der Waals surface area (Å²) < 4.78 is 1.79. The fraction of sp³-hybridized carbons (Fsp3) is 0.474. The largest absolute Gasteiger partial charge is 0.335 e. The van der Waals surface area contributed by atoms with Crippen molar-refractivity contribution >= 4 is 29.1 Å². The topological polar surface area (TPSA) is 50.2 Å². The zero-order valence-electron chi connectivity index (χ0n) is 14.9. The minimum absolute atomic E-state index is 0.0300. The highest BCUT2D eigenvalue weighted by atomic mass is 35.5. The van der Waals surface area contributed by atoms with Gasteiger partial charge in [0.15, 0.2) is 0 Å². The number of nitrogens with one attached hydrogen (secondary N) is 1. The number of hydrogen-bond acceptors (Lipinski definition) is 3. The van der Waals surface area contributed by atoms with Crippen LogP contribution in [0.15, 0.2) is 24.5 Å². The zero-order valence-corrected chi connectivity index (χ0v) is 16.4. The van der Waals surface area contributed by atoms with E-state index < -0.39 is 0 Å². The first-order valence-electron chi connectivity index (χ1n) is 8.93. The molecule has 0 saturated carbocycles. The molecule has 2 aliphatic rings. The van der Waals surface area contributed by atoms with Gasteiger partial charge in [-0.05, 0) is 42.2 Å². The fourth-order valence-corrected chi connectivity index (χ4v) is 4.89. The van der Waals surface area contributed by atoms with E-state index in [2.05, 4.69) is 17.3 Å². The number of rotatable bonds is 2. The number of fused-ring (bicyclic) bond motifs is 1. The number of amides is 1. The summed E-state index contributed by atoms with van der Waals surface area (Å²) in [7, 11) is 1.90. The average Bonchev–Trinajstić information content (AvgIpc) is 3.23. The number of hydrogen-bond donors (Lipinski definition) is 1. The maximum atomic E-state index is 13.4. The second-order valence-electron chi connectivity index (χ2n) is 7.23. The predicted molar refractivity (Wildman–Crippen MR) is 103 cm³/mol. The molecule has 0 radical (unpaired) electrons. The van der Waals surface area contributed by atoms with E-state index in [1.165, 1.54) is 0 Å². The molecule has 1 unspecified atom stereocenters. The molecule has 0 aliphatic carbocycles. The molecule has 26 heavy (non-hydrogen) atoms. The van der Waals surface area contributed by atoms with Gasteiger partial charge >= 0.3 is 0 Å². The molecule has 1 fully saturated rings. The van der Waals surface area contributed by atoms with Gasteiger partial charge in [-0.3, -0.25) is 9.48 Å². The Morgan fingerprint density at radius 2 is 2.12 bits per heavy atom. The van der Waals surface area contributed by atoms with Gasteiger partial charge in [0.05, 0.1) is 18.2 Å². The molecular weight excluding hydrogens is 371 g/mol. The number of carbonyl (C=O) groups excluding carboxylic acids is 1. The standard InChI is InChI=1S/C19H22Cl2N4O/c1-11-15-5-13(20)6-18(21)14(15)3-4-25(11)19(26)17-9-22-8-16(17)12-7-23-24(2)10-12/h5-7,10-11,16-17,22H,3-4,8-9H2,1-2H3/t11?,16-,17+/m1/s1. The molecule has 4 rings (SSSR count). The molecule has 1 amide bonds. The Balaban J connectivity index is 1.60. The summed E-state index contributed by atoms with van der Waals surface area (Å²) in [6.45, 7) is 4.25. The Labute approximate surface area is 163 Å². The highest BCUT2D eigenvalue weighted by molar-refractivity contribution is 6.35. The summed E-state index contributed by atoms with van der Waals surface area (Å²) in [5.41, 5.74) is 3.29. The summed E-state index contributed by atoms with van der Waals surface area (Å²) in [5.74, 6) is 0.281. The molecule has 5 nitrogen and oxygen atoms in total. The molecular formula is C19H22Cl2N4O. The number of halogens is 2. The SMILES string of the molecule is CC1c2cc(Cl)cc(Cl)c2CCN1C(=O)[C@H]1CNC[C@@H]1c1cnn(C)c1. The summed E-state index contributed by atoms with van der Waals surface area (Å²) in [4.78, 5) is 15.4. The normalized spacial score (nSPS) is 25.4. The second-order valence-corrected chi connectivity index (χ2v) is 8.08. The quantitative estimate of drug-likeness (QED) is 0.853. The first-order chi connectivity index (χ1) is 12.5. The van der Waals surface area contributed by atoms with Gasteiger partial charge in [0, 0.05) is 48.8 Å². The Hall–Kier alpha value is -1.56. The van der Waals surface area contributed by atoms with Crippen LogP contribution in [0.4, 0.5) is 0 Å². The van der Waals surface area contributed by atoms with Crippen LogP contribution in [-0.4, -0.2) is 40.2 Å². The molecule has 1 N–H and O–H groups in total. The maximum Gasteiger partial charge on any atom is 0.228 e. The van der Waals surface area contributed by atoms with E-state index in [9.17, 15) is 4.79 Å². The van der Waals surface area contributed by atoms with Crippen LogP contribution in [0.1, 0.15) is 35.6 Å². The van der Waals surface area contributed by atoms with Gasteiger partial charge < -0.3 is 10.2 Å². The monoisotopic (exact) mass is 392 g/mol. The highest BCUT2D eigenvalue weighted by Crippen LogP contribution is 2.38. The van der Waals surface area contributed by atoms with E-state index in [-0.39, 0.29) is 23.8 Å². The van der Waals surface area contributed by atoms with Crippen LogP contribution in [-0.2, 0) is 18.3 Å². The molecule has 0 bridgehead atoms. The number of aryl methyl sites for hydroxylation is 1. The third kappa shape index (κ3) is 3.02. The Morgan fingerprint density at radius 3 is 2.85 bits per heavy atom. The third-order valence-electron chi connectivity index (χ3n) is 5.68. The summed E-state index contributed by atoms with van der Waals surface area (Å²) in [5, 5.41) is 8.95. The summed E-state index contributed by atoms with van der Waals surface area (Å²) >= 11 is 12.6. The van der Waals surface area contributed by atoms with Gasteiger partial charge in [0.1, 0.15) is 0 Å². The second kappa shape index (κ2) is 6.87. The fourth-order valence-electron chi connectivity index (χ4n) is 4.29. The van der Waals surface area contributed by atoms with E-state index in [1.807, 2.05) is 30.4 Å². The van der Waals surface area contributed by atoms with E-state index in [0.717, 1.165) is 29.7 Å². The van der Waals surface area contributed by atoms with Gasteiger partial charge in [0.25, 0.3) is 0 Å². The number of nitrogens with zero attached hydrogens (tertiary/aromatic N) is 3. The zero-order chi connectivity index (χ0) is 18.4. The molecule has 7 heteroatoms. The van der Waals surface area contributed by atoms with Crippen LogP contribution in [0.5, 0.6) is 0 Å². The van der Waals surface area contributed by atoms with E-state index in [1.54, 1.807) is 10.7 Å². The molecule has 138 valence electrons.